The van der Waals surface area contributed by atoms with Crippen molar-refractivity contribution >= 4 is 27.7 Å². The molecule has 4 amide bonds. The molecule has 2 atom stereocenters. The van der Waals surface area contributed by atoms with Gasteiger partial charge in [0.1, 0.15) is 6.04 Å². The molecule has 1 aromatic rings. The van der Waals surface area contributed by atoms with E-state index in [1.807, 2.05) is 0 Å². The summed E-state index contributed by atoms with van der Waals surface area (Å²) in [6.45, 7) is 0.225. The summed E-state index contributed by atoms with van der Waals surface area (Å²) in [5.41, 5.74) is 0.721. The Kier molecular flexibility index (Phi) is 5.07. The number of rotatable bonds is 6. The molecule has 0 aromatic heterocycles. The third-order valence-electron chi connectivity index (χ3n) is 5.14. The lowest BCUT2D eigenvalue weighted by Gasteiger charge is -2.14. The highest BCUT2D eigenvalue weighted by atomic mass is 32.2. The van der Waals surface area contributed by atoms with E-state index in [1.54, 1.807) is 18.2 Å². The van der Waals surface area contributed by atoms with Crippen molar-refractivity contribution in [3.63, 3.8) is 0 Å². The first-order valence-corrected chi connectivity index (χ1v) is 11.1. The zero-order valence-corrected chi connectivity index (χ0v) is 16.4. The van der Waals surface area contributed by atoms with Gasteiger partial charge in [-0.1, -0.05) is 6.07 Å². The van der Waals surface area contributed by atoms with Gasteiger partial charge < -0.3 is 20.1 Å². The number of sulfone groups is 1. The summed E-state index contributed by atoms with van der Waals surface area (Å²) in [5.74, 6) is 0.472. The minimum atomic E-state index is -3.08. The molecular formula is C18H21N3O7S. The van der Waals surface area contributed by atoms with Gasteiger partial charge in [0.25, 0.3) is 5.91 Å². The Morgan fingerprint density at radius 1 is 1.24 bits per heavy atom. The highest BCUT2D eigenvalue weighted by molar-refractivity contribution is 7.91. The van der Waals surface area contributed by atoms with Gasteiger partial charge in [0, 0.05) is 12.5 Å². The van der Waals surface area contributed by atoms with E-state index in [9.17, 15) is 22.8 Å². The van der Waals surface area contributed by atoms with Crippen molar-refractivity contribution in [1.82, 2.24) is 15.5 Å². The average molecular weight is 423 g/mol. The molecule has 1 aromatic carbocycles. The largest absolute Gasteiger partial charge is 0.454 e. The molecule has 3 aliphatic rings. The van der Waals surface area contributed by atoms with Crippen LogP contribution in [-0.4, -0.2) is 61.5 Å². The number of fused-ring (bicyclic) bond motifs is 1. The van der Waals surface area contributed by atoms with Crippen LogP contribution in [0.25, 0.3) is 0 Å². The topological polar surface area (TPSA) is 131 Å². The number of benzene rings is 1. The van der Waals surface area contributed by atoms with E-state index in [1.165, 1.54) is 0 Å². The van der Waals surface area contributed by atoms with Gasteiger partial charge in [-0.3, -0.25) is 14.5 Å². The van der Waals surface area contributed by atoms with Crippen molar-refractivity contribution in [3.05, 3.63) is 23.8 Å². The molecule has 0 aliphatic carbocycles. The van der Waals surface area contributed by atoms with E-state index >= 15 is 0 Å². The van der Waals surface area contributed by atoms with Crippen LogP contribution in [-0.2, 0) is 26.0 Å². The summed E-state index contributed by atoms with van der Waals surface area (Å²) in [7, 11) is -3.08. The molecule has 4 rings (SSSR count). The minimum Gasteiger partial charge on any atom is -0.454 e. The molecule has 2 saturated heterocycles. The number of hydrogen-bond donors (Lipinski definition) is 2. The van der Waals surface area contributed by atoms with Crippen LogP contribution in [0.5, 0.6) is 11.5 Å². The molecule has 0 radical (unpaired) electrons. The quantitative estimate of drug-likeness (QED) is 0.612. The van der Waals surface area contributed by atoms with Gasteiger partial charge in [-0.15, -0.1) is 0 Å². The zero-order valence-electron chi connectivity index (χ0n) is 15.5. The fourth-order valence-electron chi connectivity index (χ4n) is 3.63. The van der Waals surface area contributed by atoms with Crippen molar-refractivity contribution < 1.29 is 32.3 Å². The second-order valence-electron chi connectivity index (χ2n) is 7.32. The molecule has 3 aliphatic heterocycles. The van der Waals surface area contributed by atoms with Crippen molar-refractivity contribution in [2.45, 2.75) is 37.9 Å². The lowest BCUT2D eigenvalue weighted by molar-refractivity contribution is -0.128. The third kappa shape index (κ3) is 4.29. The second kappa shape index (κ2) is 7.54. The van der Waals surface area contributed by atoms with Gasteiger partial charge in [-0.2, -0.15) is 0 Å². The molecule has 0 saturated carbocycles. The molecule has 29 heavy (non-hydrogen) atoms. The fourth-order valence-corrected chi connectivity index (χ4v) is 5.30. The Morgan fingerprint density at radius 3 is 2.79 bits per heavy atom. The maximum Gasteiger partial charge on any atom is 0.325 e. The van der Waals surface area contributed by atoms with Crippen LogP contribution in [0.1, 0.15) is 24.8 Å². The lowest BCUT2D eigenvalue weighted by Crippen LogP contribution is -2.37. The van der Waals surface area contributed by atoms with E-state index in [2.05, 4.69) is 10.6 Å². The predicted molar refractivity (Wildman–Crippen MR) is 99.9 cm³/mol. The predicted octanol–water partition coefficient (Wildman–Crippen LogP) is -0.0808. The van der Waals surface area contributed by atoms with Gasteiger partial charge in [0.15, 0.2) is 21.3 Å². The Morgan fingerprint density at radius 2 is 2.03 bits per heavy atom. The van der Waals surface area contributed by atoms with E-state index in [0.717, 1.165) is 10.5 Å². The number of imide groups is 1. The van der Waals surface area contributed by atoms with Crippen LogP contribution < -0.4 is 20.1 Å². The number of amides is 4. The Hall–Kier alpha value is -2.82. The van der Waals surface area contributed by atoms with Gasteiger partial charge in [0.05, 0.1) is 18.1 Å². The number of urea groups is 1. The van der Waals surface area contributed by atoms with E-state index in [4.69, 9.17) is 9.47 Å². The van der Waals surface area contributed by atoms with Crippen LogP contribution >= 0.6 is 0 Å². The number of nitrogens with zero attached hydrogens (tertiary/aromatic N) is 1. The fraction of sp³-hybridized carbons (Fsp3) is 0.500. The Balaban J connectivity index is 1.29. The molecule has 11 heteroatoms. The van der Waals surface area contributed by atoms with Crippen molar-refractivity contribution in [2.24, 2.45) is 0 Å². The van der Waals surface area contributed by atoms with E-state index in [-0.39, 0.29) is 49.6 Å². The highest BCUT2D eigenvalue weighted by Gasteiger charge is 2.38. The summed E-state index contributed by atoms with van der Waals surface area (Å²) < 4.78 is 33.5. The van der Waals surface area contributed by atoms with Crippen LogP contribution in [0.15, 0.2) is 18.2 Å². The van der Waals surface area contributed by atoms with Crippen molar-refractivity contribution in [2.75, 3.05) is 18.3 Å². The monoisotopic (exact) mass is 423 g/mol. The number of nitrogens with one attached hydrogen (secondary N) is 2. The van der Waals surface area contributed by atoms with E-state index in [0.29, 0.717) is 17.9 Å². The molecule has 2 N–H and O–H groups in total. The molecular weight excluding hydrogens is 402 g/mol. The van der Waals surface area contributed by atoms with Crippen LogP contribution in [0.3, 0.4) is 0 Å². The average Bonchev–Trinajstić information content (AvgIpc) is 3.33. The first-order valence-electron chi connectivity index (χ1n) is 9.31. The number of hydrogen-bond acceptors (Lipinski definition) is 7. The van der Waals surface area contributed by atoms with Crippen molar-refractivity contribution in [1.29, 1.82) is 0 Å². The number of ether oxygens (including phenoxy) is 2. The summed E-state index contributed by atoms with van der Waals surface area (Å²) in [4.78, 5) is 37.9. The van der Waals surface area contributed by atoms with Gasteiger partial charge >= 0.3 is 6.03 Å². The Bertz CT molecular complexity index is 962. The lowest BCUT2D eigenvalue weighted by atomic mass is 10.1. The SMILES string of the molecule is O=C(CC[C@@H]1NC(=O)N(Cc2ccc3c(c2)OCO3)C1=O)N[C@H]1CCS(=O)(=O)C1. The molecule has 0 spiro atoms. The first-order chi connectivity index (χ1) is 13.8. The van der Waals surface area contributed by atoms with E-state index < -0.39 is 27.8 Å². The second-order valence-corrected chi connectivity index (χ2v) is 9.55. The smallest absolute Gasteiger partial charge is 0.325 e. The summed E-state index contributed by atoms with van der Waals surface area (Å²) in [6.07, 6.45) is 0.565. The van der Waals surface area contributed by atoms with Gasteiger partial charge in [-0.25, -0.2) is 13.2 Å². The molecule has 2 fully saturated rings. The number of carbonyl (C=O) groups excluding carboxylic acids is 3. The number of carbonyl (C=O) groups is 3. The minimum absolute atomic E-state index is 0.0189. The molecule has 10 nitrogen and oxygen atoms in total. The van der Waals surface area contributed by atoms with Crippen LogP contribution in [0.4, 0.5) is 4.79 Å². The summed E-state index contributed by atoms with van der Waals surface area (Å²) in [5, 5.41) is 5.27. The molecule has 0 bridgehead atoms. The van der Waals surface area contributed by atoms with Crippen molar-refractivity contribution in [3.8, 4) is 11.5 Å². The summed E-state index contributed by atoms with van der Waals surface area (Å²) >= 11 is 0. The zero-order chi connectivity index (χ0) is 20.6. The Labute approximate surface area is 167 Å². The normalized spacial score (nSPS) is 24.6. The maximum atomic E-state index is 12.6. The van der Waals surface area contributed by atoms with Crippen LogP contribution in [0.2, 0.25) is 0 Å². The van der Waals surface area contributed by atoms with Gasteiger partial charge in [0.2, 0.25) is 12.7 Å². The summed E-state index contributed by atoms with van der Waals surface area (Å²) in [6, 6.07) is 3.52. The molecule has 0 unspecified atom stereocenters. The molecule has 156 valence electrons. The standard InChI is InChI=1S/C18H21N3O7S/c22-16(19-12-5-6-29(25,26)9-12)4-2-13-17(23)21(18(24)20-13)8-11-1-3-14-15(7-11)28-10-27-14/h1,3,7,12-13H,2,4-6,8-10H2,(H,19,22)(H,20,24)/t12-,13-/m0/s1. The van der Waals surface area contributed by atoms with Crippen LogP contribution in [0, 0.1) is 0 Å². The maximum absolute atomic E-state index is 12.6. The highest BCUT2D eigenvalue weighted by Crippen LogP contribution is 2.33. The van der Waals surface area contributed by atoms with Gasteiger partial charge in [-0.05, 0) is 30.5 Å². The molecule has 3 heterocycles. The first kappa shape index (κ1) is 19.5. The third-order valence-corrected chi connectivity index (χ3v) is 6.91.